The first-order valence-electron chi connectivity index (χ1n) is 24.8. The van der Waals surface area contributed by atoms with Crippen LogP contribution in [0.25, 0.3) is 0 Å². The average molecular weight is 814 g/mol. The summed E-state index contributed by atoms with van der Waals surface area (Å²) in [5, 5.41) is 4.84. The topological polar surface area (TPSA) is 21.7 Å². The fraction of sp³-hybridized carbons (Fsp3) is 0.667. The molecule has 17 aliphatic rings. The molecule has 3 heterocycles. The molecule has 19 rings (SSSR count). The van der Waals surface area contributed by atoms with Gasteiger partial charge in [-0.1, -0.05) is 57.7 Å². The smallest absolute Gasteiger partial charge is 0.0700 e. The Balaban J connectivity index is 0.933. The lowest BCUT2D eigenvalue weighted by molar-refractivity contribution is -0.108. The highest BCUT2D eigenvalue weighted by Crippen LogP contribution is 2.92. The number of fused-ring (bicyclic) bond motifs is 1. The molecule has 5 heteroatoms. The molecule has 59 heavy (non-hydrogen) atoms. The maximum Gasteiger partial charge on any atom is 0.0700 e. The van der Waals surface area contributed by atoms with Crippen LogP contribution in [0.4, 0.5) is 0 Å². The van der Waals surface area contributed by atoms with Gasteiger partial charge >= 0.3 is 0 Å². The van der Waals surface area contributed by atoms with Crippen LogP contribution in [0.2, 0.25) is 0 Å². The molecule has 1 spiro atoms. The van der Waals surface area contributed by atoms with Crippen molar-refractivity contribution in [2.45, 2.75) is 50.6 Å². The molecule has 11 fully saturated rings. The number of rotatable bonds is 8. The van der Waals surface area contributed by atoms with Crippen molar-refractivity contribution in [1.82, 2.24) is 4.90 Å². The third kappa shape index (κ3) is 2.98. The van der Waals surface area contributed by atoms with Crippen LogP contribution in [-0.4, -0.2) is 38.4 Å². The first-order chi connectivity index (χ1) is 29.3. The standard InChI is InChI=1S/C54H55NO2S2/c1-56-8-9-57-7-6-55-52(28-4-2-10-58-28)50-27-18-25-16-22-14-23-13-20-12-21-15-24-17-26-19-54(50,53(55)29-5-3-11-59-29)51-36(26)41-35(24)40-31(21)30(20)38-34(23)39-32(22)33(25)42-37(27)49(51)48-46(41)44(40)43(38)45(39)47(42)48/h2-5,10-11,13,17,20-22,26,30-32,34-36,38-48,50,52-53H,6-9,12,14-16,18-19H2,1H3. The van der Waals surface area contributed by atoms with Gasteiger partial charge in [-0.15, -0.1) is 22.7 Å². The van der Waals surface area contributed by atoms with E-state index < -0.39 is 0 Å². The average Bonchev–Trinajstić information content (AvgIpc) is 4.09. The molecule has 0 bridgehead atoms. The molecule has 300 valence electrons. The zero-order valence-corrected chi connectivity index (χ0v) is 35.8. The molecule has 0 amide bonds. The van der Waals surface area contributed by atoms with Gasteiger partial charge in [-0.3, -0.25) is 4.90 Å². The number of likely N-dealkylation sites (tertiary alicyclic amines) is 1. The Bertz CT molecular complexity index is 2540. The monoisotopic (exact) mass is 813 g/mol. The van der Waals surface area contributed by atoms with E-state index in [1.165, 1.54) is 32.1 Å². The summed E-state index contributed by atoms with van der Waals surface area (Å²) in [7, 11) is 1.81. The van der Waals surface area contributed by atoms with Gasteiger partial charge in [0.1, 0.15) is 0 Å². The molecule has 2 aromatic rings. The van der Waals surface area contributed by atoms with Crippen molar-refractivity contribution in [3.8, 4) is 0 Å². The zero-order valence-electron chi connectivity index (χ0n) is 34.1. The Morgan fingerprint density at radius 3 is 2.31 bits per heavy atom. The van der Waals surface area contributed by atoms with Gasteiger partial charge in [0.05, 0.1) is 31.9 Å². The summed E-state index contributed by atoms with van der Waals surface area (Å²) in [4.78, 5) is 6.41. The normalized spacial score (nSPS) is 58.9. The molecular formula is C54H55NO2S2. The molecule has 0 radical (unpaired) electrons. The first kappa shape index (κ1) is 31.8. The second-order valence-corrected chi connectivity index (χ2v) is 26.0. The SMILES string of the molecule is COCCOCCN1C(c2cccs2)C2C3=C4C5=C6C7C(C=C8CC9CC%10C=C%11CC%12CC(=C%13C4C4C5C5C7C8C7C9C%10C8C%11C(C%13%12)C4C8C57)C3)CC62C1c1cccs1. The van der Waals surface area contributed by atoms with Crippen molar-refractivity contribution in [3.05, 3.63) is 102 Å². The van der Waals surface area contributed by atoms with E-state index in [0.29, 0.717) is 31.2 Å². The second kappa shape index (κ2) is 9.86. The molecule has 1 saturated heterocycles. The fourth-order valence-electron chi connectivity index (χ4n) is 24.6. The van der Waals surface area contributed by atoms with Gasteiger partial charge in [0.25, 0.3) is 0 Å². The quantitative estimate of drug-likeness (QED) is 0.196. The number of allylic oxidation sites excluding steroid dienone is 8. The fourth-order valence-corrected chi connectivity index (χ4v) is 26.4. The summed E-state index contributed by atoms with van der Waals surface area (Å²) < 4.78 is 12.0. The van der Waals surface area contributed by atoms with Gasteiger partial charge in [0.15, 0.2) is 0 Å². The number of methoxy groups -OCH3 is 1. The van der Waals surface area contributed by atoms with Gasteiger partial charge in [0.2, 0.25) is 0 Å². The van der Waals surface area contributed by atoms with E-state index in [1.54, 1.807) is 16.2 Å². The van der Waals surface area contributed by atoms with Crippen LogP contribution in [-0.2, 0) is 9.47 Å². The summed E-state index contributed by atoms with van der Waals surface area (Å²) in [6, 6.07) is 10.8. The molecule has 2 aromatic heterocycles. The highest BCUT2D eigenvalue weighted by Gasteiger charge is 2.86. The number of thiophene rings is 2. The molecule has 16 aliphatic carbocycles. The van der Waals surface area contributed by atoms with E-state index in [2.05, 4.69) is 108 Å². The summed E-state index contributed by atoms with van der Waals surface area (Å²) in [5.74, 6) is 20.6. The molecule has 10 saturated carbocycles. The van der Waals surface area contributed by atoms with Gasteiger partial charge in [0, 0.05) is 40.7 Å². The zero-order chi connectivity index (χ0) is 37.3. The highest BCUT2D eigenvalue weighted by atomic mass is 32.1. The summed E-state index contributed by atoms with van der Waals surface area (Å²) in [6.45, 7) is 3.17. The van der Waals surface area contributed by atoms with E-state index >= 15 is 0 Å². The summed E-state index contributed by atoms with van der Waals surface area (Å²) in [6.07, 6.45) is 14.9. The van der Waals surface area contributed by atoms with Crippen LogP contribution in [0, 0.1) is 136 Å². The number of ether oxygens (including phenoxy) is 2. The van der Waals surface area contributed by atoms with Crippen LogP contribution in [0.1, 0.15) is 60.4 Å². The Labute approximate surface area is 356 Å². The molecule has 25 unspecified atom stereocenters. The van der Waals surface area contributed by atoms with Crippen LogP contribution < -0.4 is 0 Å². The van der Waals surface area contributed by atoms with Gasteiger partial charge in [-0.2, -0.15) is 0 Å². The van der Waals surface area contributed by atoms with Crippen molar-refractivity contribution in [2.24, 2.45) is 136 Å². The molecule has 0 aromatic carbocycles. The molecular weight excluding hydrogens is 759 g/mol. The lowest BCUT2D eigenvalue weighted by Crippen LogP contribution is -2.56. The minimum absolute atomic E-state index is 0.181. The van der Waals surface area contributed by atoms with Gasteiger partial charge in [-0.05, 0) is 191 Å². The van der Waals surface area contributed by atoms with Crippen LogP contribution in [0.15, 0.2) is 91.8 Å². The van der Waals surface area contributed by atoms with E-state index in [1.807, 2.05) is 18.3 Å². The molecule has 0 N–H and O–H groups in total. The largest absolute Gasteiger partial charge is 0.382 e. The van der Waals surface area contributed by atoms with E-state index in [4.69, 9.17) is 9.47 Å². The van der Waals surface area contributed by atoms with Crippen molar-refractivity contribution in [2.75, 3.05) is 33.5 Å². The molecule has 1 aliphatic heterocycles. The predicted octanol–water partition coefficient (Wildman–Crippen LogP) is 10.4. The second-order valence-electron chi connectivity index (χ2n) is 24.1. The highest BCUT2D eigenvalue weighted by molar-refractivity contribution is 7.10. The third-order valence-corrected chi connectivity index (χ3v) is 25.7. The lowest BCUT2D eigenvalue weighted by atomic mass is 9.44. The first-order valence-corrected chi connectivity index (χ1v) is 26.5. The minimum atomic E-state index is 0.181. The van der Waals surface area contributed by atoms with Crippen LogP contribution in [0.3, 0.4) is 0 Å². The van der Waals surface area contributed by atoms with Crippen molar-refractivity contribution >= 4 is 22.7 Å². The molecule has 25 atom stereocenters. The predicted molar refractivity (Wildman–Crippen MR) is 228 cm³/mol. The Kier molecular flexibility index (Phi) is 5.31. The van der Waals surface area contributed by atoms with E-state index in [-0.39, 0.29) is 5.41 Å². The lowest BCUT2D eigenvalue weighted by Gasteiger charge is -2.60. The minimum Gasteiger partial charge on any atom is -0.382 e. The third-order valence-electron chi connectivity index (χ3n) is 23.9. The number of hydrogen-bond acceptors (Lipinski definition) is 5. The van der Waals surface area contributed by atoms with Crippen molar-refractivity contribution in [1.29, 1.82) is 0 Å². The van der Waals surface area contributed by atoms with Crippen LogP contribution >= 0.6 is 22.7 Å². The molecule has 3 nitrogen and oxygen atoms in total. The Hall–Kier alpha value is -2.02. The number of nitrogens with zero attached hydrogens (tertiary/aromatic N) is 1. The van der Waals surface area contributed by atoms with Gasteiger partial charge < -0.3 is 9.47 Å². The Morgan fingerprint density at radius 1 is 0.695 bits per heavy atom. The Morgan fingerprint density at radius 2 is 1.46 bits per heavy atom. The van der Waals surface area contributed by atoms with E-state index in [9.17, 15) is 0 Å². The maximum atomic E-state index is 6.49. The van der Waals surface area contributed by atoms with Gasteiger partial charge in [-0.25, -0.2) is 0 Å². The summed E-state index contributed by atoms with van der Waals surface area (Å²) in [5.41, 5.74) is 16.8. The van der Waals surface area contributed by atoms with Crippen LogP contribution in [0.5, 0.6) is 0 Å². The van der Waals surface area contributed by atoms with Crippen molar-refractivity contribution in [3.63, 3.8) is 0 Å². The maximum absolute atomic E-state index is 6.49. The van der Waals surface area contributed by atoms with E-state index in [0.717, 1.165) is 137 Å². The van der Waals surface area contributed by atoms with Crippen molar-refractivity contribution < 1.29 is 9.47 Å². The summed E-state index contributed by atoms with van der Waals surface area (Å²) >= 11 is 4.17. The number of hydrogen-bond donors (Lipinski definition) is 0.